The molecule has 0 amide bonds. The number of aromatic carboxylic acids is 1. The Morgan fingerprint density at radius 2 is 2.04 bits per heavy atom. The van der Waals surface area contributed by atoms with Gasteiger partial charge in [0.05, 0.1) is 23.3 Å². The molecule has 1 aliphatic heterocycles. The van der Waals surface area contributed by atoms with Crippen molar-refractivity contribution >= 4 is 23.3 Å². The Morgan fingerprint density at radius 1 is 1.19 bits per heavy atom. The topological polar surface area (TPSA) is 70.4 Å². The molecule has 1 fully saturated rings. The fourth-order valence-corrected chi connectivity index (χ4v) is 3.73. The van der Waals surface area contributed by atoms with E-state index in [1.54, 1.807) is 24.4 Å². The van der Waals surface area contributed by atoms with Gasteiger partial charge in [-0.2, -0.15) is 0 Å². The molecule has 3 heterocycles. The summed E-state index contributed by atoms with van der Waals surface area (Å²) in [5, 5.41) is 13.3. The van der Waals surface area contributed by atoms with Crippen LogP contribution in [0.3, 0.4) is 0 Å². The Balaban J connectivity index is 1.79. The molecule has 0 aliphatic carbocycles. The van der Waals surface area contributed by atoms with E-state index in [-0.39, 0.29) is 17.6 Å². The molecule has 2 atom stereocenters. The molecule has 27 heavy (non-hydrogen) atoms. The molecule has 0 saturated carbocycles. The molecule has 1 aliphatic rings. The van der Waals surface area contributed by atoms with Crippen molar-refractivity contribution in [3.63, 3.8) is 0 Å². The molecule has 4 rings (SSSR count). The number of carboxylic acids is 1. The average molecular weight is 378 g/mol. The number of nitrogens with zero attached hydrogens (tertiary/aromatic N) is 3. The smallest absolute Gasteiger partial charge is 0.335 e. The number of hydrogen-bond acceptors (Lipinski definition) is 3. The summed E-state index contributed by atoms with van der Waals surface area (Å²) >= 11 is 5.48. The fourth-order valence-electron chi connectivity index (χ4n) is 3.49. The zero-order chi connectivity index (χ0) is 19.0. The highest BCUT2D eigenvalue weighted by Crippen LogP contribution is 2.38. The first-order valence-electron chi connectivity index (χ1n) is 8.51. The van der Waals surface area contributed by atoms with Crippen molar-refractivity contribution in [1.29, 1.82) is 0 Å². The van der Waals surface area contributed by atoms with Crippen LogP contribution in [-0.4, -0.2) is 37.7 Å². The molecule has 0 unspecified atom stereocenters. The standard InChI is InChI=1S/C20H18N4O2S/c1-23-18(17(22-20(23)27)15-8-2-3-10-21-15)16-9-5-11-24(16)14-7-4-6-13(12-14)19(25)26/h2-12,17-18H,1H3,(H,22,27)(H,25,26)/t17-,18+/m1/s1. The molecule has 2 N–H and O–H groups in total. The van der Waals surface area contributed by atoms with E-state index in [9.17, 15) is 9.90 Å². The minimum absolute atomic E-state index is 0.0733. The first kappa shape index (κ1) is 17.2. The summed E-state index contributed by atoms with van der Waals surface area (Å²) in [6, 6.07) is 16.5. The third-order valence-corrected chi connectivity index (χ3v) is 5.20. The molecule has 0 radical (unpaired) electrons. The summed E-state index contributed by atoms with van der Waals surface area (Å²) < 4.78 is 2.00. The second-order valence-corrected chi connectivity index (χ2v) is 6.78. The Labute approximate surface area is 162 Å². The van der Waals surface area contributed by atoms with Crippen molar-refractivity contribution in [1.82, 2.24) is 19.8 Å². The van der Waals surface area contributed by atoms with E-state index in [4.69, 9.17) is 12.2 Å². The maximum absolute atomic E-state index is 11.3. The molecular weight excluding hydrogens is 360 g/mol. The SMILES string of the molecule is CN1C(=S)N[C@H](c2ccccn2)[C@@H]1c1cccn1-c1cccc(C(=O)O)c1. The number of likely N-dealkylation sites (N-methyl/N-ethyl adjacent to an activating group) is 1. The molecular formula is C20H18N4O2S. The van der Waals surface area contributed by atoms with Crippen LogP contribution in [0, 0.1) is 0 Å². The average Bonchev–Trinajstić information content (AvgIpc) is 3.27. The molecule has 1 aromatic carbocycles. The van der Waals surface area contributed by atoms with E-state index in [0.29, 0.717) is 5.11 Å². The van der Waals surface area contributed by atoms with E-state index < -0.39 is 5.97 Å². The zero-order valence-electron chi connectivity index (χ0n) is 14.6. The van der Waals surface area contributed by atoms with Crippen LogP contribution in [-0.2, 0) is 0 Å². The van der Waals surface area contributed by atoms with Gasteiger partial charge in [0.15, 0.2) is 5.11 Å². The quantitative estimate of drug-likeness (QED) is 0.680. The monoisotopic (exact) mass is 378 g/mol. The van der Waals surface area contributed by atoms with Crippen LogP contribution in [0.2, 0.25) is 0 Å². The number of hydrogen-bond donors (Lipinski definition) is 2. The van der Waals surface area contributed by atoms with Gasteiger partial charge in [-0.1, -0.05) is 12.1 Å². The number of aromatic nitrogens is 2. The highest BCUT2D eigenvalue weighted by atomic mass is 32.1. The normalized spacial score (nSPS) is 19.1. The van der Waals surface area contributed by atoms with Crippen molar-refractivity contribution < 1.29 is 9.90 Å². The summed E-state index contributed by atoms with van der Waals surface area (Å²) in [6.45, 7) is 0. The lowest BCUT2D eigenvalue weighted by Crippen LogP contribution is -2.25. The summed E-state index contributed by atoms with van der Waals surface area (Å²) in [4.78, 5) is 17.9. The van der Waals surface area contributed by atoms with Gasteiger partial charge in [0, 0.05) is 30.8 Å². The van der Waals surface area contributed by atoms with Crippen molar-refractivity contribution in [3.8, 4) is 5.69 Å². The highest BCUT2D eigenvalue weighted by Gasteiger charge is 2.39. The molecule has 6 nitrogen and oxygen atoms in total. The van der Waals surface area contributed by atoms with Gasteiger partial charge in [0.1, 0.15) is 0 Å². The molecule has 1 saturated heterocycles. The van der Waals surface area contributed by atoms with Crippen LogP contribution in [0.1, 0.15) is 33.8 Å². The number of nitrogens with one attached hydrogen (secondary N) is 1. The van der Waals surface area contributed by atoms with Crippen molar-refractivity contribution in [2.24, 2.45) is 0 Å². The van der Waals surface area contributed by atoms with Gasteiger partial charge in [-0.15, -0.1) is 0 Å². The van der Waals surface area contributed by atoms with E-state index in [2.05, 4.69) is 10.3 Å². The van der Waals surface area contributed by atoms with Gasteiger partial charge in [-0.3, -0.25) is 4.98 Å². The molecule has 136 valence electrons. The van der Waals surface area contributed by atoms with Gasteiger partial charge < -0.3 is 19.9 Å². The maximum atomic E-state index is 11.3. The number of pyridine rings is 1. The summed E-state index contributed by atoms with van der Waals surface area (Å²) in [5.74, 6) is -0.947. The Bertz CT molecular complexity index is 1000. The number of carbonyl (C=O) groups is 1. The molecule has 0 bridgehead atoms. The van der Waals surface area contributed by atoms with Gasteiger partial charge >= 0.3 is 5.97 Å². The predicted octanol–water partition coefficient (Wildman–Crippen LogP) is 3.17. The number of carboxylic acid groups (broad SMARTS) is 1. The Morgan fingerprint density at radius 3 is 2.78 bits per heavy atom. The first-order valence-corrected chi connectivity index (χ1v) is 8.92. The van der Waals surface area contributed by atoms with E-state index in [1.807, 2.05) is 59.1 Å². The predicted molar refractivity (Wildman–Crippen MR) is 106 cm³/mol. The lowest BCUT2D eigenvalue weighted by Gasteiger charge is -2.25. The minimum Gasteiger partial charge on any atom is -0.478 e. The Kier molecular flexibility index (Phi) is 4.37. The minimum atomic E-state index is -0.947. The fraction of sp³-hybridized carbons (Fsp3) is 0.150. The lowest BCUT2D eigenvalue weighted by atomic mass is 10.0. The number of thiocarbonyl (C=S) groups is 1. The summed E-state index contributed by atoms with van der Waals surface area (Å²) in [5.41, 5.74) is 2.95. The lowest BCUT2D eigenvalue weighted by molar-refractivity contribution is 0.0697. The largest absolute Gasteiger partial charge is 0.478 e. The second kappa shape index (κ2) is 6.85. The third-order valence-electron chi connectivity index (χ3n) is 4.79. The van der Waals surface area contributed by atoms with E-state index >= 15 is 0 Å². The van der Waals surface area contributed by atoms with Gasteiger partial charge in [-0.25, -0.2) is 4.79 Å². The maximum Gasteiger partial charge on any atom is 0.335 e. The Hall–Kier alpha value is -3.19. The summed E-state index contributed by atoms with van der Waals surface area (Å²) in [6.07, 6.45) is 3.70. The van der Waals surface area contributed by atoms with Crippen molar-refractivity contribution in [3.05, 3.63) is 83.9 Å². The van der Waals surface area contributed by atoms with E-state index in [0.717, 1.165) is 17.1 Å². The zero-order valence-corrected chi connectivity index (χ0v) is 15.4. The van der Waals surface area contributed by atoms with Crippen molar-refractivity contribution in [2.75, 3.05) is 7.05 Å². The summed E-state index contributed by atoms with van der Waals surface area (Å²) in [7, 11) is 1.95. The van der Waals surface area contributed by atoms with Crippen LogP contribution in [0.4, 0.5) is 0 Å². The van der Waals surface area contributed by atoms with Gasteiger partial charge in [-0.05, 0) is 54.7 Å². The van der Waals surface area contributed by atoms with Crippen LogP contribution in [0.15, 0.2) is 67.0 Å². The van der Waals surface area contributed by atoms with Crippen molar-refractivity contribution in [2.45, 2.75) is 12.1 Å². The number of rotatable bonds is 4. The number of benzene rings is 1. The molecule has 2 aromatic heterocycles. The highest BCUT2D eigenvalue weighted by molar-refractivity contribution is 7.80. The molecule has 0 spiro atoms. The van der Waals surface area contributed by atoms with Crippen LogP contribution in [0.25, 0.3) is 5.69 Å². The second-order valence-electron chi connectivity index (χ2n) is 6.40. The van der Waals surface area contributed by atoms with Crippen LogP contribution >= 0.6 is 12.2 Å². The third kappa shape index (κ3) is 3.06. The molecule has 3 aromatic rings. The van der Waals surface area contributed by atoms with E-state index in [1.165, 1.54) is 0 Å². The van der Waals surface area contributed by atoms with Gasteiger partial charge in [0.25, 0.3) is 0 Å². The van der Waals surface area contributed by atoms with Crippen LogP contribution < -0.4 is 5.32 Å². The van der Waals surface area contributed by atoms with Crippen LogP contribution in [0.5, 0.6) is 0 Å². The molecule has 7 heteroatoms. The van der Waals surface area contributed by atoms with Gasteiger partial charge in [0.2, 0.25) is 0 Å². The first-order chi connectivity index (χ1) is 13.1.